The number of H-pyrrole nitrogens is 1. The van der Waals surface area contributed by atoms with Gasteiger partial charge in [-0.2, -0.15) is 0 Å². The minimum atomic E-state index is -0.929. The summed E-state index contributed by atoms with van der Waals surface area (Å²) in [5.74, 6) is -0.929. The summed E-state index contributed by atoms with van der Waals surface area (Å²) in [5.41, 5.74) is 2.77. The summed E-state index contributed by atoms with van der Waals surface area (Å²) < 4.78 is 0.853. The molecule has 1 aromatic heterocycles. The van der Waals surface area contributed by atoms with Crippen molar-refractivity contribution in [3.63, 3.8) is 0 Å². The summed E-state index contributed by atoms with van der Waals surface area (Å²) >= 11 is 3.38. The van der Waals surface area contributed by atoms with Crippen molar-refractivity contribution < 1.29 is 9.90 Å². The van der Waals surface area contributed by atoms with Crippen LogP contribution in [-0.4, -0.2) is 16.1 Å². The molecule has 0 unspecified atom stereocenters. The van der Waals surface area contributed by atoms with Gasteiger partial charge in [0.1, 0.15) is 0 Å². The molecule has 0 saturated carbocycles. The van der Waals surface area contributed by atoms with Gasteiger partial charge in [-0.25, -0.2) is 4.79 Å². The fourth-order valence-electron chi connectivity index (χ4n) is 2.14. The Morgan fingerprint density at radius 1 is 1.11 bits per heavy atom. The fourth-order valence-corrected chi connectivity index (χ4v) is 2.51. The lowest BCUT2D eigenvalue weighted by molar-refractivity contribution is 0.0697. The Labute approximate surface area is 118 Å². The maximum Gasteiger partial charge on any atom is 0.336 e. The third-order valence-electron chi connectivity index (χ3n) is 3.03. The van der Waals surface area contributed by atoms with Crippen LogP contribution in [0.5, 0.6) is 0 Å². The van der Waals surface area contributed by atoms with Gasteiger partial charge in [0.05, 0.1) is 5.56 Å². The van der Waals surface area contributed by atoms with E-state index in [1.54, 1.807) is 12.1 Å². The fraction of sp³-hybridized carbons (Fsp3) is 0. The molecule has 0 amide bonds. The Hall–Kier alpha value is -2.07. The molecule has 94 valence electrons. The van der Waals surface area contributed by atoms with Gasteiger partial charge in [0.2, 0.25) is 0 Å². The number of aromatic nitrogens is 1. The van der Waals surface area contributed by atoms with Crippen molar-refractivity contribution in [2.45, 2.75) is 0 Å². The highest BCUT2D eigenvalue weighted by molar-refractivity contribution is 9.10. The zero-order chi connectivity index (χ0) is 13.4. The van der Waals surface area contributed by atoms with E-state index in [9.17, 15) is 9.90 Å². The summed E-state index contributed by atoms with van der Waals surface area (Å²) in [4.78, 5) is 14.5. The SMILES string of the molecule is O=C(O)c1ccc(Br)cc1-c1cc2ccccc2[nH]1. The molecule has 0 atom stereocenters. The van der Waals surface area contributed by atoms with Crippen LogP contribution in [-0.2, 0) is 0 Å². The molecule has 3 rings (SSSR count). The molecule has 4 heteroatoms. The molecule has 0 fully saturated rings. The molecule has 2 aromatic carbocycles. The van der Waals surface area contributed by atoms with Crippen LogP contribution in [0.3, 0.4) is 0 Å². The average Bonchev–Trinajstić information content (AvgIpc) is 2.81. The third kappa shape index (κ3) is 2.15. The minimum Gasteiger partial charge on any atom is -0.478 e. The van der Waals surface area contributed by atoms with Crippen molar-refractivity contribution in [3.05, 3.63) is 58.6 Å². The first-order valence-electron chi connectivity index (χ1n) is 5.76. The van der Waals surface area contributed by atoms with Crippen LogP contribution < -0.4 is 0 Å². The van der Waals surface area contributed by atoms with Crippen molar-refractivity contribution in [1.29, 1.82) is 0 Å². The average molecular weight is 316 g/mol. The van der Waals surface area contributed by atoms with E-state index in [0.717, 1.165) is 21.1 Å². The first kappa shape index (κ1) is 12.0. The zero-order valence-corrected chi connectivity index (χ0v) is 11.4. The molecule has 3 aromatic rings. The van der Waals surface area contributed by atoms with Crippen LogP contribution in [0.2, 0.25) is 0 Å². The molecule has 0 aliphatic carbocycles. The smallest absolute Gasteiger partial charge is 0.336 e. The Morgan fingerprint density at radius 3 is 2.63 bits per heavy atom. The van der Waals surface area contributed by atoms with E-state index in [4.69, 9.17) is 0 Å². The number of aromatic carboxylic acids is 1. The highest BCUT2D eigenvalue weighted by Gasteiger charge is 2.13. The largest absolute Gasteiger partial charge is 0.478 e. The summed E-state index contributed by atoms with van der Waals surface area (Å²) in [6.45, 7) is 0. The third-order valence-corrected chi connectivity index (χ3v) is 3.53. The van der Waals surface area contributed by atoms with Crippen LogP contribution in [0.4, 0.5) is 0 Å². The summed E-state index contributed by atoms with van der Waals surface area (Å²) in [5, 5.41) is 10.3. The van der Waals surface area contributed by atoms with Crippen LogP contribution in [0, 0.1) is 0 Å². The molecule has 0 radical (unpaired) electrons. The monoisotopic (exact) mass is 315 g/mol. The number of carboxylic acid groups (broad SMARTS) is 1. The number of halogens is 1. The van der Waals surface area contributed by atoms with Crippen LogP contribution in [0.15, 0.2) is 53.0 Å². The summed E-state index contributed by atoms with van der Waals surface area (Å²) in [6, 6.07) is 15.0. The molecule has 0 spiro atoms. The van der Waals surface area contributed by atoms with E-state index in [0.29, 0.717) is 5.56 Å². The molecule has 0 saturated heterocycles. The number of benzene rings is 2. The number of hydrogen-bond donors (Lipinski definition) is 2. The van der Waals surface area contributed by atoms with E-state index >= 15 is 0 Å². The van der Waals surface area contributed by atoms with Gasteiger partial charge in [-0.05, 0) is 30.3 Å². The lowest BCUT2D eigenvalue weighted by Gasteiger charge is -2.04. The van der Waals surface area contributed by atoms with Gasteiger partial charge < -0.3 is 10.1 Å². The Balaban J connectivity index is 2.25. The Bertz CT molecular complexity index is 744. The topological polar surface area (TPSA) is 53.1 Å². The molecule has 2 N–H and O–H groups in total. The predicted molar refractivity (Wildman–Crippen MR) is 78.4 cm³/mol. The second-order valence-electron chi connectivity index (χ2n) is 4.27. The van der Waals surface area contributed by atoms with Gasteiger partial charge in [0.15, 0.2) is 0 Å². The molecule has 0 bridgehead atoms. The van der Waals surface area contributed by atoms with Crippen molar-refractivity contribution in [1.82, 2.24) is 4.98 Å². The van der Waals surface area contributed by atoms with Crippen LogP contribution in [0.1, 0.15) is 10.4 Å². The van der Waals surface area contributed by atoms with E-state index < -0.39 is 5.97 Å². The van der Waals surface area contributed by atoms with Crippen molar-refractivity contribution in [2.75, 3.05) is 0 Å². The van der Waals surface area contributed by atoms with Gasteiger partial charge in [0.25, 0.3) is 0 Å². The highest BCUT2D eigenvalue weighted by atomic mass is 79.9. The molecular weight excluding hydrogens is 306 g/mol. The Morgan fingerprint density at radius 2 is 1.89 bits per heavy atom. The quantitative estimate of drug-likeness (QED) is 0.741. The number of aromatic amines is 1. The zero-order valence-electron chi connectivity index (χ0n) is 9.85. The van der Waals surface area contributed by atoms with Gasteiger partial charge in [0, 0.05) is 26.6 Å². The number of fused-ring (bicyclic) bond motifs is 1. The summed E-state index contributed by atoms with van der Waals surface area (Å²) in [6.07, 6.45) is 0. The van der Waals surface area contributed by atoms with Gasteiger partial charge in [-0.15, -0.1) is 0 Å². The van der Waals surface area contributed by atoms with E-state index in [2.05, 4.69) is 20.9 Å². The maximum atomic E-state index is 11.3. The van der Waals surface area contributed by atoms with Crippen molar-refractivity contribution >= 4 is 32.8 Å². The molecule has 0 aliphatic rings. The standard InChI is InChI=1S/C15H10BrNO2/c16-10-5-6-11(15(18)19)12(8-10)14-7-9-3-1-2-4-13(9)17-14/h1-8,17H,(H,18,19). The highest BCUT2D eigenvalue weighted by Crippen LogP contribution is 2.29. The molecular formula is C15H10BrNO2. The van der Waals surface area contributed by atoms with Crippen LogP contribution >= 0.6 is 15.9 Å². The first-order chi connectivity index (χ1) is 9.15. The molecule has 0 aliphatic heterocycles. The number of carboxylic acids is 1. The maximum absolute atomic E-state index is 11.3. The molecule has 1 heterocycles. The number of nitrogens with one attached hydrogen (secondary N) is 1. The second-order valence-corrected chi connectivity index (χ2v) is 5.18. The summed E-state index contributed by atoms with van der Waals surface area (Å²) in [7, 11) is 0. The molecule has 19 heavy (non-hydrogen) atoms. The van der Waals surface area contributed by atoms with Crippen molar-refractivity contribution in [2.24, 2.45) is 0 Å². The normalized spacial score (nSPS) is 10.8. The van der Waals surface area contributed by atoms with Gasteiger partial charge >= 0.3 is 5.97 Å². The van der Waals surface area contributed by atoms with E-state index in [1.165, 1.54) is 0 Å². The lowest BCUT2D eigenvalue weighted by atomic mass is 10.0. The lowest BCUT2D eigenvalue weighted by Crippen LogP contribution is -1.99. The Kier molecular flexibility index (Phi) is 2.87. The van der Waals surface area contributed by atoms with Gasteiger partial charge in [-0.1, -0.05) is 34.1 Å². The predicted octanol–water partition coefficient (Wildman–Crippen LogP) is 4.30. The first-order valence-corrected chi connectivity index (χ1v) is 6.55. The van der Waals surface area contributed by atoms with Gasteiger partial charge in [-0.3, -0.25) is 0 Å². The minimum absolute atomic E-state index is 0.287. The van der Waals surface area contributed by atoms with Crippen molar-refractivity contribution in [3.8, 4) is 11.3 Å². The van der Waals surface area contributed by atoms with Crippen LogP contribution in [0.25, 0.3) is 22.2 Å². The van der Waals surface area contributed by atoms with E-state index in [1.807, 2.05) is 36.4 Å². The second kappa shape index (κ2) is 4.55. The number of rotatable bonds is 2. The number of carbonyl (C=O) groups is 1. The number of para-hydroxylation sites is 1. The number of hydrogen-bond acceptors (Lipinski definition) is 1. The molecule has 3 nitrogen and oxygen atoms in total. The van der Waals surface area contributed by atoms with E-state index in [-0.39, 0.29) is 5.56 Å².